The summed E-state index contributed by atoms with van der Waals surface area (Å²) in [7, 11) is 0. The molecule has 0 radical (unpaired) electrons. The highest BCUT2D eigenvalue weighted by Gasteiger charge is 2.16. The highest BCUT2D eigenvalue weighted by Crippen LogP contribution is 2.25. The SMILES string of the molecule is CCCCSc1nnc(-c2ccc(F)cc2)n1CCN1CCOCC1. The summed E-state index contributed by atoms with van der Waals surface area (Å²) < 4.78 is 20.8. The van der Waals surface area contributed by atoms with Crippen LogP contribution in [0.2, 0.25) is 0 Å². The van der Waals surface area contributed by atoms with Crippen LogP contribution in [0.25, 0.3) is 11.4 Å². The van der Waals surface area contributed by atoms with Crippen LogP contribution in [0.4, 0.5) is 4.39 Å². The van der Waals surface area contributed by atoms with E-state index in [4.69, 9.17) is 4.74 Å². The number of thioether (sulfide) groups is 1. The molecule has 0 aliphatic carbocycles. The van der Waals surface area contributed by atoms with Gasteiger partial charge in [-0.3, -0.25) is 4.90 Å². The largest absolute Gasteiger partial charge is 0.379 e. The van der Waals surface area contributed by atoms with E-state index in [0.717, 1.165) is 68.1 Å². The molecule has 5 nitrogen and oxygen atoms in total. The number of benzene rings is 1. The molecule has 2 aromatic rings. The first-order chi connectivity index (χ1) is 12.3. The van der Waals surface area contributed by atoms with Gasteiger partial charge in [-0.15, -0.1) is 10.2 Å². The predicted octanol–water partition coefficient (Wildman–Crippen LogP) is 3.31. The van der Waals surface area contributed by atoms with Gasteiger partial charge in [-0.1, -0.05) is 25.1 Å². The molecule has 1 aliphatic rings. The molecule has 1 fully saturated rings. The van der Waals surface area contributed by atoms with E-state index in [2.05, 4.69) is 26.6 Å². The van der Waals surface area contributed by atoms with Gasteiger partial charge < -0.3 is 9.30 Å². The zero-order chi connectivity index (χ0) is 17.5. The average molecular weight is 364 g/mol. The minimum Gasteiger partial charge on any atom is -0.379 e. The zero-order valence-electron chi connectivity index (χ0n) is 14.7. The van der Waals surface area contributed by atoms with E-state index in [1.807, 2.05) is 0 Å². The molecule has 2 heterocycles. The van der Waals surface area contributed by atoms with E-state index in [9.17, 15) is 4.39 Å². The van der Waals surface area contributed by atoms with Crippen LogP contribution >= 0.6 is 11.8 Å². The molecule has 0 spiro atoms. The molecule has 0 amide bonds. The van der Waals surface area contributed by atoms with Gasteiger partial charge in [-0.05, 0) is 30.7 Å². The standard InChI is InChI=1S/C18H25FN4OS/c1-2-3-14-25-18-21-20-17(15-4-6-16(19)7-5-15)23(18)9-8-22-10-12-24-13-11-22/h4-7H,2-3,8-14H2,1H3. The number of rotatable bonds is 8. The second-order valence-corrected chi connectivity index (χ2v) is 7.18. The molecule has 0 N–H and O–H groups in total. The first-order valence-electron chi connectivity index (χ1n) is 8.90. The molecule has 1 aliphatic heterocycles. The fourth-order valence-electron chi connectivity index (χ4n) is 2.78. The number of hydrogen-bond acceptors (Lipinski definition) is 5. The highest BCUT2D eigenvalue weighted by molar-refractivity contribution is 7.99. The highest BCUT2D eigenvalue weighted by atomic mass is 32.2. The number of ether oxygens (including phenoxy) is 1. The molecule has 0 saturated carbocycles. The summed E-state index contributed by atoms with van der Waals surface area (Å²) in [5.74, 6) is 1.61. The lowest BCUT2D eigenvalue weighted by molar-refractivity contribution is 0.0361. The molecule has 0 bridgehead atoms. The van der Waals surface area contributed by atoms with Gasteiger partial charge in [0.2, 0.25) is 0 Å². The first-order valence-corrected chi connectivity index (χ1v) is 9.88. The van der Waals surface area contributed by atoms with Gasteiger partial charge in [0.15, 0.2) is 11.0 Å². The van der Waals surface area contributed by atoms with Gasteiger partial charge in [-0.25, -0.2) is 4.39 Å². The number of nitrogens with zero attached hydrogens (tertiary/aromatic N) is 4. The molecule has 1 aromatic carbocycles. The zero-order valence-corrected chi connectivity index (χ0v) is 15.5. The fourth-order valence-corrected chi connectivity index (χ4v) is 3.83. The lowest BCUT2D eigenvalue weighted by atomic mass is 10.2. The molecule has 0 atom stereocenters. The second-order valence-electron chi connectivity index (χ2n) is 6.12. The summed E-state index contributed by atoms with van der Waals surface area (Å²) in [6.45, 7) is 7.48. The van der Waals surface area contributed by atoms with Gasteiger partial charge in [0, 0.05) is 37.5 Å². The van der Waals surface area contributed by atoms with Crippen LogP contribution in [0.1, 0.15) is 19.8 Å². The van der Waals surface area contributed by atoms with Gasteiger partial charge in [0.1, 0.15) is 5.82 Å². The number of hydrogen-bond donors (Lipinski definition) is 0. The fraction of sp³-hybridized carbons (Fsp3) is 0.556. The Labute approximate surface area is 152 Å². The molecule has 3 rings (SSSR count). The van der Waals surface area contributed by atoms with Crippen molar-refractivity contribution >= 4 is 11.8 Å². The Bertz CT molecular complexity index is 656. The monoisotopic (exact) mass is 364 g/mol. The van der Waals surface area contributed by atoms with Gasteiger partial charge >= 0.3 is 0 Å². The summed E-state index contributed by atoms with van der Waals surface area (Å²) in [5.41, 5.74) is 0.901. The lowest BCUT2D eigenvalue weighted by Gasteiger charge is -2.27. The Morgan fingerprint density at radius 3 is 2.60 bits per heavy atom. The summed E-state index contributed by atoms with van der Waals surface area (Å²) in [5, 5.41) is 9.72. The second kappa shape index (κ2) is 9.31. The van der Waals surface area contributed by atoms with Crippen LogP contribution in [0.15, 0.2) is 29.4 Å². The lowest BCUT2D eigenvalue weighted by Crippen LogP contribution is -2.38. The third-order valence-electron chi connectivity index (χ3n) is 4.29. The van der Waals surface area contributed by atoms with Crippen LogP contribution in [0, 0.1) is 5.82 Å². The van der Waals surface area contributed by atoms with E-state index >= 15 is 0 Å². The summed E-state index contributed by atoms with van der Waals surface area (Å²) in [4.78, 5) is 2.40. The molecular weight excluding hydrogens is 339 g/mol. The van der Waals surface area contributed by atoms with E-state index < -0.39 is 0 Å². The third-order valence-corrected chi connectivity index (χ3v) is 5.34. The van der Waals surface area contributed by atoms with Gasteiger partial charge in [0.05, 0.1) is 13.2 Å². The van der Waals surface area contributed by atoms with E-state index in [1.54, 1.807) is 23.9 Å². The van der Waals surface area contributed by atoms with Crippen LogP contribution in [-0.2, 0) is 11.3 Å². The molecule has 1 saturated heterocycles. The van der Waals surface area contributed by atoms with Crippen molar-refractivity contribution in [2.45, 2.75) is 31.5 Å². The van der Waals surface area contributed by atoms with E-state index in [0.29, 0.717) is 0 Å². The van der Waals surface area contributed by atoms with E-state index in [-0.39, 0.29) is 5.82 Å². The normalized spacial score (nSPS) is 15.6. The van der Waals surface area contributed by atoms with Crippen molar-refractivity contribution in [2.24, 2.45) is 0 Å². The number of morpholine rings is 1. The van der Waals surface area contributed by atoms with Crippen molar-refractivity contribution in [3.8, 4) is 11.4 Å². The van der Waals surface area contributed by atoms with Crippen molar-refractivity contribution in [1.29, 1.82) is 0 Å². The minimum absolute atomic E-state index is 0.235. The maximum Gasteiger partial charge on any atom is 0.191 e. The molecule has 1 aromatic heterocycles. The van der Waals surface area contributed by atoms with Crippen LogP contribution in [0.3, 0.4) is 0 Å². The number of halogens is 1. The summed E-state index contributed by atoms with van der Waals surface area (Å²) in [6, 6.07) is 6.48. The van der Waals surface area contributed by atoms with E-state index in [1.165, 1.54) is 18.6 Å². The Balaban J connectivity index is 1.77. The van der Waals surface area contributed by atoms with Gasteiger partial charge in [0.25, 0.3) is 0 Å². The molecular formula is C18H25FN4OS. The summed E-state index contributed by atoms with van der Waals surface area (Å²) in [6.07, 6.45) is 2.33. The molecule has 25 heavy (non-hydrogen) atoms. The molecule has 136 valence electrons. The number of aromatic nitrogens is 3. The topological polar surface area (TPSA) is 43.2 Å². The van der Waals surface area contributed by atoms with Crippen molar-refractivity contribution < 1.29 is 9.13 Å². The van der Waals surface area contributed by atoms with Crippen LogP contribution in [0.5, 0.6) is 0 Å². The minimum atomic E-state index is -0.235. The average Bonchev–Trinajstić information content (AvgIpc) is 3.04. The Kier molecular flexibility index (Phi) is 6.84. The smallest absolute Gasteiger partial charge is 0.191 e. The quantitative estimate of drug-likeness (QED) is 0.531. The molecule has 7 heteroatoms. The third kappa shape index (κ3) is 5.03. The van der Waals surface area contributed by atoms with Crippen LogP contribution < -0.4 is 0 Å². The maximum absolute atomic E-state index is 13.2. The number of unbranched alkanes of at least 4 members (excludes halogenated alkanes) is 1. The maximum atomic E-state index is 13.2. The Hall–Kier alpha value is -1.44. The van der Waals surface area contributed by atoms with Gasteiger partial charge in [-0.2, -0.15) is 0 Å². The van der Waals surface area contributed by atoms with Crippen molar-refractivity contribution in [1.82, 2.24) is 19.7 Å². The first kappa shape index (κ1) is 18.4. The van der Waals surface area contributed by atoms with Crippen LogP contribution in [-0.4, -0.2) is 58.3 Å². The Morgan fingerprint density at radius 2 is 1.88 bits per heavy atom. The summed E-state index contributed by atoms with van der Waals surface area (Å²) >= 11 is 1.75. The van der Waals surface area contributed by atoms with Crippen molar-refractivity contribution in [3.05, 3.63) is 30.1 Å². The van der Waals surface area contributed by atoms with Crippen molar-refractivity contribution in [2.75, 3.05) is 38.6 Å². The molecule has 0 unspecified atom stereocenters. The van der Waals surface area contributed by atoms with Crippen molar-refractivity contribution in [3.63, 3.8) is 0 Å². The predicted molar refractivity (Wildman–Crippen MR) is 98.3 cm³/mol. The Morgan fingerprint density at radius 1 is 1.12 bits per heavy atom.